The lowest BCUT2D eigenvalue weighted by molar-refractivity contribution is -0.890. The first-order valence-corrected chi connectivity index (χ1v) is 6.76. The molecule has 1 saturated heterocycles. The number of rotatable bonds is 4. The topological polar surface area (TPSA) is 30.7 Å². The van der Waals surface area contributed by atoms with Crippen LogP contribution in [0.15, 0.2) is 24.3 Å². The number of carbonyl (C=O) groups excluding carboxylic acids is 1. The van der Waals surface area contributed by atoms with E-state index in [-0.39, 0.29) is 12.1 Å². The Morgan fingerprint density at radius 1 is 1.39 bits per heavy atom. The lowest BCUT2D eigenvalue weighted by atomic mass is 10.1. The number of hydrogen-bond donors (Lipinski definition) is 1. The number of hydrogen-bond acceptors (Lipinski definition) is 2. The molecule has 1 aromatic rings. The lowest BCUT2D eigenvalue weighted by Crippen LogP contribution is -3.11. The van der Waals surface area contributed by atoms with Gasteiger partial charge in [-0.1, -0.05) is 17.7 Å². The van der Waals surface area contributed by atoms with Crippen molar-refractivity contribution in [1.82, 2.24) is 0 Å². The SMILES string of the molecule is Cc1cccc(C(=O)OC(C)C[NH+]2CCCC2)c1. The molecule has 2 rings (SSSR count). The summed E-state index contributed by atoms with van der Waals surface area (Å²) >= 11 is 0. The monoisotopic (exact) mass is 248 g/mol. The van der Waals surface area contributed by atoms with Crippen molar-refractivity contribution in [3.8, 4) is 0 Å². The smallest absolute Gasteiger partial charge is 0.338 e. The minimum Gasteiger partial charge on any atom is -0.453 e. The predicted octanol–water partition coefficient (Wildman–Crippen LogP) is 1.22. The zero-order valence-corrected chi connectivity index (χ0v) is 11.2. The predicted molar refractivity (Wildman–Crippen MR) is 70.9 cm³/mol. The van der Waals surface area contributed by atoms with Gasteiger partial charge in [0.05, 0.1) is 18.7 Å². The largest absolute Gasteiger partial charge is 0.453 e. The molecule has 1 aliphatic rings. The first kappa shape index (κ1) is 13.1. The van der Waals surface area contributed by atoms with E-state index in [1.165, 1.54) is 25.9 Å². The van der Waals surface area contributed by atoms with Gasteiger partial charge in [-0.25, -0.2) is 4.79 Å². The molecule has 98 valence electrons. The van der Waals surface area contributed by atoms with Crippen molar-refractivity contribution in [3.05, 3.63) is 35.4 Å². The van der Waals surface area contributed by atoms with E-state index in [4.69, 9.17) is 4.74 Å². The van der Waals surface area contributed by atoms with Crippen molar-refractivity contribution in [3.63, 3.8) is 0 Å². The third kappa shape index (κ3) is 3.57. The van der Waals surface area contributed by atoms with Gasteiger partial charge < -0.3 is 9.64 Å². The fraction of sp³-hybridized carbons (Fsp3) is 0.533. The van der Waals surface area contributed by atoms with Crippen molar-refractivity contribution in [2.75, 3.05) is 19.6 Å². The van der Waals surface area contributed by atoms with Crippen LogP contribution in [0.1, 0.15) is 35.7 Å². The molecule has 3 nitrogen and oxygen atoms in total. The van der Waals surface area contributed by atoms with Gasteiger partial charge in [-0.15, -0.1) is 0 Å². The molecule has 1 heterocycles. The first-order valence-electron chi connectivity index (χ1n) is 6.76. The van der Waals surface area contributed by atoms with Crippen molar-refractivity contribution in [2.45, 2.75) is 32.8 Å². The molecule has 3 heteroatoms. The normalized spacial score (nSPS) is 17.7. The maximum Gasteiger partial charge on any atom is 0.338 e. The molecule has 1 aromatic carbocycles. The molecule has 0 aromatic heterocycles. The van der Waals surface area contributed by atoms with Crippen molar-refractivity contribution < 1.29 is 14.4 Å². The molecule has 0 aliphatic carbocycles. The molecule has 0 spiro atoms. The average molecular weight is 248 g/mol. The molecule has 0 bridgehead atoms. The van der Waals surface area contributed by atoms with E-state index in [1.54, 1.807) is 4.90 Å². The molecular formula is C15H22NO2+. The summed E-state index contributed by atoms with van der Waals surface area (Å²) in [6.07, 6.45) is 2.59. The highest BCUT2D eigenvalue weighted by Crippen LogP contribution is 2.07. The Balaban J connectivity index is 1.86. The van der Waals surface area contributed by atoms with Gasteiger partial charge in [-0.2, -0.15) is 0 Å². The van der Waals surface area contributed by atoms with Gasteiger partial charge in [-0.05, 0) is 26.0 Å². The van der Waals surface area contributed by atoms with E-state index in [9.17, 15) is 4.79 Å². The van der Waals surface area contributed by atoms with Gasteiger partial charge in [0.1, 0.15) is 12.6 Å². The number of ether oxygens (including phenoxy) is 1. The van der Waals surface area contributed by atoms with Crippen LogP contribution in [0.25, 0.3) is 0 Å². The van der Waals surface area contributed by atoms with E-state index in [1.807, 2.05) is 38.1 Å². The first-order chi connectivity index (χ1) is 8.65. The minimum absolute atomic E-state index is 0.00823. The number of nitrogens with one attached hydrogen (secondary N) is 1. The van der Waals surface area contributed by atoms with Crippen LogP contribution in [0.4, 0.5) is 0 Å². The third-order valence-corrected chi connectivity index (χ3v) is 3.45. The van der Waals surface area contributed by atoms with Crippen LogP contribution in [0.2, 0.25) is 0 Å². The number of likely N-dealkylation sites (tertiary alicyclic amines) is 1. The highest BCUT2D eigenvalue weighted by molar-refractivity contribution is 5.89. The second-order valence-corrected chi connectivity index (χ2v) is 5.25. The van der Waals surface area contributed by atoms with E-state index in [0.29, 0.717) is 5.56 Å². The van der Waals surface area contributed by atoms with Crippen LogP contribution in [0.5, 0.6) is 0 Å². The maximum absolute atomic E-state index is 11.9. The number of benzene rings is 1. The Morgan fingerprint density at radius 3 is 2.78 bits per heavy atom. The molecule has 0 saturated carbocycles. The van der Waals surface area contributed by atoms with E-state index in [2.05, 4.69) is 0 Å². The van der Waals surface area contributed by atoms with Crippen LogP contribution in [0, 0.1) is 6.92 Å². The fourth-order valence-electron chi connectivity index (χ4n) is 2.55. The minimum atomic E-state index is -0.204. The van der Waals surface area contributed by atoms with Gasteiger partial charge in [0.15, 0.2) is 0 Å². The van der Waals surface area contributed by atoms with Gasteiger partial charge in [0, 0.05) is 12.8 Å². The van der Waals surface area contributed by atoms with E-state index in [0.717, 1.165) is 12.1 Å². The summed E-state index contributed by atoms with van der Waals surface area (Å²) in [4.78, 5) is 13.5. The zero-order chi connectivity index (χ0) is 13.0. The quantitative estimate of drug-likeness (QED) is 0.812. The average Bonchev–Trinajstić information content (AvgIpc) is 2.81. The van der Waals surface area contributed by atoms with Gasteiger partial charge in [0.25, 0.3) is 0 Å². The number of carbonyl (C=O) groups is 1. The van der Waals surface area contributed by atoms with Gasteiger partial charge in [0.2, 0.25) is 0 Å². The van der Waals surface area contributed by atoms with E-state index >= 15 is 0 Å². The molecule has 1 N–H and O–H groups in total. The summed E-state index contributed by atoms with van der Waals surface area (Å²) in [6.45, 7) is 7.32. The van der Waals surface area contributed by atoms with Gasteiger partial charge in [-0.3, -0.25) is 0 Å². The molecule has 0 amide bonds. The summed E-state index contributed by atoms with van der Waals surface area (Å²) in [5.74, 6) is -0.204. The van der Waals surface area contributed by atoms with Crippen LogP contribution < -0.4 is 4.90 Å². The maximum atomic E-state index is 11.9. The highest BCUT2D eigenvalue weighted by atomic mass is 16.5. The Morgan fingerprint density at radius 2 is 2.11 bits per heavy atom. The zero-order valence-electron chi connectivity index (χ0n) is 11.2. The molecule has 0 radical (unpaired) electrons. The Bertz CT molecular complexity index is 411. The van der Waals surface area contributed by atoms with Crippen molar-refractivity contribution >= 4 is 5.97 Å². The van der Waals surface area contributed by atoms with Crippen LogP contribution in [-0.2, 0) is 4.74 Å². The molecule has 1 aliphatic heterocycles. The van der Waals surface area contributed by atoms with Crippen molar-refractivity contribution in [2.24, 2.45) is 0 Å². The second kappa shape index (κ2) is 6.01. The molecule has 1 unspecified atom stereocenters. The summed E-state index contributed by atoms with van der Waals surface area (Å²) in [5, 5.41) is 0. The Labute approximate surface area is 109 Å². The fourth-order valence-corrected chi connectivity index (χ4v) is 2.55. The number of esters is 1. The lowest BCUT2D eigenvalue weighted by Gasteiger charge is -2.18. The van der Waals surface area contributed by atoms with Gasteiger partial charge >= 0.3 is 5.97 Å². The Hall–Kier alpha value is -1.35. The molecule has 1 atom stereocenters. The third-order valence-electron chi connectivity index (χ3n) is 3.45. The summed E-state index contributed by atoms with van der Waals surface area (Å²) < 4.78 is 5.49. The number of quaternary nitrogens is 1. The summed E-state index contributed by atoms with van der Waals surface area (Å²) in [5.41, 5.74) is 1.74. The Kier molecular flexibility index (Phi) is 4.37. The van der Waals surface area contributed by atoms with Crippen LogP contribution in [0.3, 0.4) is 0 Å². The summed E-state index contributed by atoms with van der Waals surface area (Å²) in [6, 6.07) is 7.55. The van der Waals surface area contributed by atoms with Crippen LogP contribution in [-0.4, -0.2) is 31.7 Å². The molecular weight excluding hydrogens is 226 g/mol. The molecule has 18 heavy (non-hydrogen) atoms. The second-order valence-electron chi connectivity index (χ2n) is 5.25. The van der Waals surface area contributed by atoms with Crippen LogP contribution >= 0.6 is 0 Å². The summed E-state index contributed by atoms with van der Waals surface area (Å²) in [7, 11) is 0. The van der Waals surface area contributed by atoms with Crippen molar-refractivity contribution in [1.29, 1.82) is 0 Å². The highest BCUT2D eigenvalue weighted by Gasteiger charge is 2.20. The standard InChI is InChI=1S/C15H21NO2/c1-12-6-5-7-14(10-12)15(17)18-13(2)11-16-8-3-4-9-16/h5-7,10,13H,3-4,8-9,11H2,1-2H3/p+1. The molecule has 1 fully saturated rings. The van der Waals surface area contributed by atoms with E-state index < -0.39 is 0 Å². The number of aryl methyl sites for hydroxylation is 1.